The topological polar surface area (TPSA) is 102 Å². The molecule has 0 amide bonds. The van der Waals surface area contributed by atoms with Gasteiger partial charge in [-0.2, -0.15) is 0 Å². The van der Waals surface area contributed by atoms with E-state index in [1.54, 1.807) is 41.5 Å². The van der Waals surface area contributed by atoms with Crippen molar-refractivity contribution in [2.24, 2.45) is 32.5 Å². The number of ketones is 6. The maximum atomic E-state index is 11.5. The standard InChI is InChI=1S/3C11H19O2.Ce/c3*1-10(2,3)8(12)7-9(13)11(4,5)6;/h3*1,7H2,2-6H3;/q3*-1;+3. The van der Waals surface area contributed by atoms with Crippen LogP contribution >= 0.6 is 0 Å². The van der Waals surface area contributed by atoms with Crippen LogP contribution in [0.1, 0.15) is 123 Å². The van der Waals surface area contributed by atoms with E-state index in [2.05, 4.69) is 20.8 Å². The second-order valence-corrected chi connectivity index (χ2v) is 15.5. The molecule has 0 bridgehead atoms. The number of hydrogen-bond donors (Lipinski definition) is 0. The first-order chi connectivity index (χ1) is 16.6. The van der Waals surface area contributed by atoms with Gasteiger partial charge in [0.15, 0.2) is 0 Å². The van der Waals surface area contributed by atoms with Gasteiger partial charge in [-0.05, 0) is 0 Å². The molecule has 0 aliphatic carbocycles. The molecular weight excluding hydrogens is 632 g/mol. The normalized spacial score (nSPS) is 12.4. The summed E-state index contributed by atoms with van der Waals surface area (Å²) < 4.78 is 0. The number of hydrogen-bond acceptors (Lipinski definition) is 6. The Morgan fingerprint density at radius 2 is 0.475 bits per heavy atom. The third-order valence-corrected chi connectivity index (χ3v) is 5.74. The molecule has 0 aliphatic heterocycles. The van der Waals surface area contributed by atoms with Gasteiger partial charge in [0.05, 0.1) is 19.3 Å². The van der Waals surface area contributed by atoms with Gasteiger partial charge in [-0.25, -0.2) is 0 Å². The maximum Gasteiger partial charge on any atom is 3.00 e. The van der Waals surface area contributed by atoms with Crippen molar-refractivity contribution in [3.05, 3.63) is 20.8 Å². The molecule has 0 aliphatic rings. The summed E-state index contributed by atoms with van der Waals surface area (Å²) in [5.74, 6) is -0.329. The van der Waals surface area contributed by atoms with Crippen molar-refractivity contribution in [3.8, 4) is 0 Å². The molecule has 0 heterocycles. The van der Waals surface area contributed by atoms with E-state index in [1.807, 2.05) is 62.3 Å². The summed E-state index contributed by atoms with van der Waals surface area (Å²) in [6.07, 6.45) is -0.000000000000000666. The van der Waals surface area contributed by atoms with Crippen LogP contribution < -0.4 is 0 Å². The molecule has 0 aromatic carbocycles. The third kappa shape index (κ3) is 22.1. The molecule has 0 saturated heterocycles. The molecule has 0 saturated carbocycles. The van der Waals surface area contributed by atoms with Gasteiger partial charge in [0.25, 0.3) is 0 Å². The Balaban J connectivity index is -0.000000240. The van der Waals surface area contributed by atoms with Crippen molar-refractivity contribution in [2.45, 2.75) is 123 Å². The molecule has 229 valence electrons. The second kappa shape index (κ2) is 16.9. The fourth-order valence-electron chi connectivity index (χ4n) is 1.95. The molecule has 0 rings (SSSR count). The first-order valence-corrected chi connectivity index (χ1v) is 13.4. The van der Waals surface area contributed by atoms with Gasteiger partial charge in [0.1, 0.15) is 34.7 Å². The first kappa shape index (κ1) is 46.4. The van der Waals surface area contributed by atoms with Gasteiger partial charge < -0.3 is 35.2 Å². The summed E-state index contributed by atoms with van der Waals surface area (Å²) >= 11 is 0. The Labute approximate surface area is 279 Å². The van der Waals surface area contributed by atoms with Crippen LogP contribution in [0, 0.1) is 95.0 Å². The zero-order chi connectivity index (χ0) is 32.6. The fourth-order valence-corrected chi connectivity index (χ4v) is 1.95. The van der Waals surface area contributed by atoms with Gasteiger partial charge in [0, 0.05) is 16.2 Å². The van der Waals surface area contributed by atoms with E-state index in [9.17, 15) is 28.8 Å². The van der Waals surface area contributed by atoms with Crippen LogP contribution in [0.3, 0.4) is 0 Å². The smallest absolute Gasteiger partial charge is 0.331 e. The molecule has 0 spiro atoms. The van der Waals surface area contributed by atoms with Crippen molar-refractivity contribution < 1.29 is 70.5 Å². The molecule has 0 aromatic rings. The minimum Gasteiger partial charge on any atom is -0.331 e. The van der Waals surface area contributed by atoms with Gasteiger partial charge in [-0.3, -0.25) is 14.4 Å². The molecular formula is C33H57CeO6. The molecule has 0 aromatic heterocycles. The average Bonchev–Trinajstić information content (AvgIpc) is 2.64. The maximum absolute atomic E-state index is 11.5. The molecule has 0 atom stereocenters. The Kier molecular flexibility index (Phi) is 19.6. The predicted octanol–water partition coefficient (Wildman–Crippen LogP) is 7.26. The van der Waals surface area contributed by atoms with E-state index in [0.717, 1.165) is 0 Å². The molecule has 0 N–H and O–H groups in total. The average molecular weight is 690 g/mol. The number of carbonyl (C=O) groups is 6. The van der Waals surface area contributed by atoms with Crippen LogP contribution in [-0.2, 0) is 28.8 Å². The predicted molar refractivity (Wildman–Crippen MR) is 160 cm³/mol. The van der Waals surface area contributed by atoms with E-state index in [1.165, 1.54) is 0 Å². The second-order valence-electron chi connectivity index (χ2n) is 15.5. The van der Waals surface area contributed by atoms with Gasteiger partial charge in [-0.15, -0.1) is 16.2 Å². The fraction of sp³-hybridized carbons (Fsp3) is 0.727. The molecule has 1 radical (unpaired) electrons. The van der Waals surface area contributed by atoms with Crippen molar-refractivity contribution in [1.82, 2.24) is 0 Å². The Bertz CT molecular complexity index is 693. The van der Waals surface area contributed by atoms with Crippen LogP contribution in [0.25, 0.3) is 0 Å². The number of rotatable bonds is 9. The van der Waals surface area contributed by atoms with Crippen LogP contribution in [-0.4, -0.2) is 34.7 Å². The van der Waals surface area contributed by atoms with Crippen molar-refractivity contribution in [1.29, 1.82) is 0 Å². The number of carbonyl (C=O) groups excluding carboxylic acids is 6. The van der Waals surface area contributed by atoms with Gasteiger partial charge in [0.2, 0.25) is 0 Å². The van der Waals surface area contributed by atoms with Crippen LogP contribution in [0.4, 0.5) is 0 Å². The first-order valence-electron chi connectivity index (χ1n) is 13.4. The van der Waals surface area contributed by atoms with E-state index >= 15 is 0 Å². The molecule has 6 nitrogen and oxygen atoms in total. The third-order valence-electron chi connectivity index (χ3n) is 5.74. The summed E-state index contributed by atoms with van der Waals surface area (Å²) in [6, 6.07) is 0. The zero-order valence-electron chi connectivity index (χ0n) is 28.2. The van der Waals surface area contributed by atoms with Crippen molar-refractivity contribution in [2.75, 3.05) is 0 Å². The van der Waals surface area contributed by atoms with Gasteiger partial charge >= 0.3 is 41.7 Å². The summed E-state index contributed by atoms with van der Waals surface area (Å²) in [7, 11) is 0. The molecule has 40 heavy (non-hydrogen) atoms. The number of Topliss-reactive ketones (excluding diaryl/α,β-unsaturated/α-hetero) is 6. The summed E-state index contributed by atoms with van der Waals surface area (Å²) in [5.41, 5.74) is -3.24. The van der Waals surface area contributed by atoms with E-state index in [4.69, 9.17) is 0 Å². The monoisotopic (exact) mass is 689 g/mol. The minimum atomic E-state index is -0.652. The zero-order valence-corrected chi connectivity index (χ0v) is 31.3. The Hall–Kier alpha value is -0.603. The summed E-state index contributed by atoms with van der Waals surface area (Å²) in [5, 5.41) is 0. The Morgan fingerprint density at radius 3 is 0.550 bits per heavy atom. The largest absolute Gasteiger partial charge is 3.00 e. The van der Waals surface area contributed by atoms with Gasteiger partial charge in [-0.1, -0.05) is 104 Å². The Morgan fingerprint density at radius 1 is 0.350 bits per heavy atom. The molecule has 0 unspecified atom stereocenters. The SMILES string of the molecule is [CH2-]C(C)(C)C(=O)CC(=O)C(C)(C)C.[CH2-]C(C)(C)C(=O)CC(=O)C(C)(C)C.[CH2-]C(C)(C)C(=O)CC(=O)C(C)(C)C.[Ce+3]. The van der Waals surface area contributed by atoms with Crippen molar-refractivity contribution >= 4 is 34.7 Å². The van der Waals surface area contributed by atoms with Crippen LogP contribution in [0.15, 0.2) is 0 Å². The molecule has 0 fully saturated rings. The van der Waals surface area contributed by atoms with E-state index in [0.29, 0.717) is 0 Å². The van der Waals surface area contributed by atoms with Crippen LogP contribution in [0.2, 0.25) is 0 Å². The van der Waals surface area contributed by atoms with E-state index in [-0.39, 0.29) is 95.7 Å². The van der Waals surface area contributed by atoms with E-state index < -0.39 is 32.5 Å². The van der Waals surface area contributed by atoms with Crippen molar-refractivity contribution in [3.63, 3.8) is 0 Å². The van der Waals surface area contributed by atoms with Crippen LogP contribution in [0.5, 0.6) is 0 Å². The quantitative estimate of drug-likeness (QED) is 0.187. The summed E-state index contributed by atoms with van der Waals surface area (Å²) in [6.45, 7) is 37.8. The minimum absolute atomic E-state index is 0. The molecule has 7 heteroatoms. The summed E-state index contributed by atoms with van der Waals surface area (Å²) in [4.78, 5) is 68.7.